The van der Waals surface area contributed by atoms with Gasteiger partial charge in [0.05, 0.1) is 7.11 Å². The third-order valence-electron chi connectivity index (χ3n) is 3.60. The van der Waals surface area contributed by atoms with Gasteiger partial charge in [0.25, 0.3) is 0 Å². The molecule has 1 aromatic carbocycles. The number of ether oxygens (including phenoxy) is 1. The maximum Gasteiger partial charge on any atom is 0.119 e. The summed E-state index contributed by atoms with van der Waals surface area (Å²) in [6.45, 7) is 10.00. The van der Waals surface area contributed by atoms with E-state index >= 15 is 0 Å². The minimum Gasteiger partial charge on any atom is -0.497 e. The van der Waals surface area contributed by atoms with E-state index in [2.05, 4.69) is 51.2 Å². The average Bonchev–Trinajstić information content (AvgIpc) is 2.38. The third kappa shape index (κ3) is 4.34. The van der Waals surface area contributed by atoms with Gasteiger partial charge in [-0.3, -0.25) is 0 Å². The molecule has 2 nitrogen and oxygen atoms in total. The normalized spacial score (nSPS) is 14.6. The van der Waals surface area contributed by atoms with E-state index in [1.807, 2.05) is 6.07 Å². The lowest BCUT2D eigenvalue weighted by molar-refractivity contribution is 0.397. The Morgan fingerprint density at radius 3 is 2.50 bits per heavy atom. The monoisotopic (exact) mass is 249 g/mol. The Morgan fingerprint density at radius 2 is 1.94 bits per heavy atom. The third-order valence-corrected chi connectivity index (χ3v) is 3.60. The van der Waals surface area contributed by atoms with Crippen molar-refractivity contribution in [2.75, 3.05) is 13.7 Å². The van der Waals surface area contributed by atoms with Crippen molar-refractivity contribution >= 4 is 0 Å². The molecule has 1 rings (SSSR count). The van der Waals surface area contributed by atoms with Crippen LogP contribution in [0.15, 0.2) is 24.3 Å². The molecule has 0 heterocycles. The van der Waals surface area contributed by atoms with Gasteiger partial charge in [0.2, 0.25) is 0 Å². The van der Waals surface area contributed by atoms with Gasteiger partial charge in [0, 0.05) is 12.6 Å². The number of rotatable bonds is 7. The summed E-state index contributed by atoms with van der Waals surface area (Å²) < 4.78 is 5.32. The zero-order valence-electron chi connectivity index (χ0n) is 12.4. The molecule has 0 aromatic heterocycles. The second-order valence-corrected chi connectivity index (χ2v) is 5.33. The van der Waals surface area contributed by atoms with Crippen molar-refractivity contribution in [2.24, 2.45) is 5.92 Å². The van der Waals surface area contributed by atoms with Gasteiger partial charge in [-0.25, -0.2) is 0 Å². The van der Waals surface area contributed by atoms with Crippen LogP contribution in [-0.2, 0) is 0 Å². The van der Waals surface area contributed by atoms with Crippen LogP contribution in [0.3, 0.4) is 0 Å². The molecule has 1 aromatic rings. The highest BCUT2D eigenvalue weighted by Gasteiger charge is 2.18. The van der Waals surface area contributed by atoms with Gasteiger partial charge in [-0.1, -0.05) is 46.2 Å². The van der Waals surface area contributed by atoms with E-state index in [0.29, 0.717) is 17.9 Å². The first-order valence-corrected chi connectivity index (χ1v) is 6.95. The minimum absolute atomic E-state index is 0.530. The van der Waals surface area contributed by atoms with E-state index in [-0.39, 0.29) is 0 Å². The highest BCUT2D eigenvalue weighted by atomic mass is 16.5. The number of nitrogens with one attached hydrogen (secondary N) is 1. The summed E-state index contributed by atoms with van der Waals surface area (Å²) in [5, 5.41) is 3.56. The van der Waals surface area contributed by atoms with E-state index in [4.69, 9.17) is 4.74 Å². The van der Waals surface area contributed by atoms with E-state index in [0.717, 1.165) is 12.3 Å². The standard InChI is InChI=1S/C16H27NO/c1-6-13(4)16(11-17-12(2)3)14-8-7-9-15(10-14)18-5/h7-10,12-13,16-17H,6,11H2,1-5H3. The fourth-order valence-electron chi connectivity index (χ4n) is 2.17. The highest BCUT2D eigenvalue weighted by molar-refractivity contribution is 5.31. The lowest BCUT2D eigenvalue weighted by atomic mass is 9.85. The van der Waals surface area contributed by atoms with Crippen LogP contribution in [0.1, 0.15) is 45.6 Å². The van der Waals surface area contributed by atoms with Crippen LogP contribution in [0.2, 0.25) is 0 Å². The molecular formula is C16H27NO. The first kappa shape index (κ1) is 15.0. The van der Waals surface area contributed by atoms with Crippen LogP contribution >= 0.6 is 0 Å². The highest BCUT2D eigenvalue weighted by Crippen LogP contribution is 2.28. The second kappa shape index (κ2) is 7.42. The molecule has 0 fully saturated rings. The number of hydrogen-bond donors (Lipinski definition) is 1. The summed E-state index contributed by atoms with van der Waals surface area (Å²) in [7, 11) is 1.73. The quantitative estimate of drug-likeness (QED) is 0.793. The number of methoxy groups -OCH3 is 1. The Hall–Kier alpha value is -1.02. The van der Waals surface area contributed by atoms with Crippen molar-refractivity contribution in [3.8, 4) is 5.75 Å². The first-order valence-electron chi connectivity index (χ1n) is 6.95. The van der Waals surface area contributed by atoms with Crippen LogP contribution in [-0.4, -0.2) is 19.7 Å². The van der Waals surface area contributed by atoms with E-state index in [1.165, 1.54) is 12.0 Å². The second-order valence-electron chi connectivity index (χ2n) is 5.33. The van der Waals surface area contributed by atoms with Crippen molar-refractivity contribution in [1.29, 1.82) is 0 Å². The molecule has 0 aliphatic rings. The molecular weight excluding hydrogens is 222 g/mol. The molecule has 18 heavy (non-hydrogen) atoms. The van der Waals surface area contributed by atoms with E-state index < -0.39 is 0 Å². The van der Waals surface area contributed by atoms with Crippen molar-refractivity contribution in [1.82, 2.24) is 5.32 Å². The Balaban J connectivity index is 2.86. The van der Waals surface area contributed by atoms with Gasteiger partial charge in [-0.15, -0.1) is 0 Å². The fourth-order valence-corrected chi connectivity index (χ4v) is 2.17. The summed E-state index contributed by atoms with van der Waals surface area (Å²) in [6.07, 6.45) is 1.20. The Morgan fingerprint density at radius 1 is 1.22 bits per heavy atom. The fraction of sp³-hybridized carbons (Fsp3) is 0.625. The predicted molar refractivity (Wildman–Crippen MR) is 78.3 cm³/mol. The molecule has 0 aliphatic carbocycles. The zero-order valence-corrected chi connectivity index (χ0v) is 12.4. The SMILES string of the molecule is CCC(C)C(CNC(C)C)c1cccc(OC)c1. The molecule has 0 spiro atoms. The van der Waals surface area contributed by atoms with Gasteiger partial charge < -0.3 is 10.1 Å². The van der Waals surface area contributed by atoms with Gasteiger partial charge in [0.15, 0.2) is 0 Å². The lowest BCUT2D eigenvalue weighted by Gasteiger charge is -2.25. The smallest absolute Gasteiger partial charge is 0.119 e. The van der Waals surface area contributed by atoms with Gasteiger partial charge in [-0.05, 0) is 29.5 Å². The van der Waals surface area contributed by atoms with Crippen molar-refractivity contribution in [3.05, 3.63) is 29.8 Å². The van der Waals surface area contributed by atoms with Gasteiger partial charge in [0.1, 0.15) is 5.75 Å². The Kier molecular flexibility index (Phi) is 6.20. The molecule has 0 saturated carbocycles. The number of benzene rings is 1. The summed E-state index contributed by atoms with van der Waals surface area (Å²) in [5.41, 5.74) is 1.37. The summed E-state index contributed by atoms with van der Waals surface area (Å²) in [4.78, 5) is 0. The molecule has 0 saturated heterocycles. The van der Waals surface area contributed by atoms with Crippen molar-refractivity contribution < 1.29 is 4.74 Å². The lowest BCUT2D eigenvalue weighted by Crippen LogP contribution is -2.30. The first-order chi connectivity index (χ1) is 8.58. The molecule has 0 bridgehead atoms. The maximum absolute atomic E-state index is 5.32. The van der Waals surface area contributed by atoms with Crippen LogP contribution in [0.4, 0.5) is 0 Å². The molecule has 0 amide bonds. The van der Waals surface area contributed by atoms with Gasteiger partial charge in [-0.2, -0.15) is 0 Å². The topological polar surface area (TPSA) is 21.3 Å². The van der Waals surface area contributed by atoms with E-state index in [9.17, 15) is 0 Å². The van der Waals surface area contributed by atoms with Crippen LogP contribution in [0.5, 0.6) is 5.75 Å². The molecule has 2 atom stereocenters. The summed E-state index contributed by atoms with van der Waals surface area (Å²) >= 11 is 0. The Bertz CT molecular complexity index is 349. The Labute approximate surface area is 112 Å². The van der Waals surface area contributed by atoms with E-state index in [1.54, 1.807) is 7.11 Å². The molecule has 102 valence electrons. The minimum atomic E-state index is 0.530. The average molecular weight is 249 g/mol. The van der Waals surface area contributed by atoms with Gasteiger partial charge >= 0.3 is 0 Å². The summed E-state index contributed by atoms with van der Waals surface area (Å²) in [5.74, 6) is 2.17. The van der Waals surface area contributed by atoms with Crippen molar-refractivity contribution in [3.63, 3.8) is 0 Å². The number of hydrogen-bond acceptors (Lipinski definition) is 2. The molecule has 1 N–H and O–H groups in total. The maximum atomic E-state index is 5.32. The zero-order chi connectivity index (χ0) is 13.5. The van der Waals surface area contributed by atoms with Crippen LogP contribution in [0, 0.1) is 5.92 Å². The molecule has 0 radical (unpaired) electrons. The predicted octanol–water partition coefficient (Wildman–Crippen LogP) is 3.82. The molecule has 2 unspecified atom stereocenters. The van der Waals surface area contributed by atoms with Crippen LogP contribution in [0.25, 0.3) is 0 Å². The van der Waals surface area contributed by atoms with Crippen LogP contribution < -0.4 is 10.1 Å². The van der Waals surface area contributed by atoms with Crippen molar-refractivity contribution in [2.45, 2.75) is 46.1 Å². The molecule has 2 heteroatoms. The molecule has 0 aliphatic heterocycles. The largest absolute Gasteiger partial charge is 0.497 e. The summed E-state index contributed by atoms with van der Waals surface area (Å²) in [6, 6.07) is 8.99.